The fourth-order valence-electron chi connectivity index (χ4n) is 3.42. The summed E-state index contributed by atoms with van der Waals surface area (Å²) in [6.45, 7) is 7.42. The quantitative estimate of drug-likeness (QED) is 0.416. The molecule has 2 aromatic carbocycles. The molecular formula is C24H25N5O4S. The number of benzene rings is 2. The lowest BCUT2D eigenvalue weighted by Crippen LogP contribution is -2.14. The molecule has 2 heterocycles. The first-order chi connectivity index (χ1) is 16.2. The standard InChI is InChI=1S/C24H25N5O4S/c1-15-13-22(16(2)12-21(15)32-5)34(30,31)28-19-6-8-20(9-7-19)33-24-11-10-23(26-27-24)29-14-25-17(3)18(29)4/h6-14,28H,1-5H3. The van der Waals surface area contributed by atoms with Gasteiger partial charge in [-0.25, -0.2) is 13.4 Å². The van der Waals surface area contributed by atoms with Gasteiger partial charge >= 0.3 is 0 Å². The third-order valence-corrected chi connectivity index (χ3v) is 6.96. The van der Waals surface area contributed by atoms with Gasteiger partial charge in [-0.2, -0.15) is 0 Å². The third kappa shape index (κ3) is 4.72. The Morgan fingerprint density at radius 1 is 0.912 bits per heavy atom. The Hall–Kier alpha value is -3.92. The molecule has 4 rings (SSSR count). The van der Waals surface area contributed by atoms with Crippen LogP contribution in [0.2, 0.25) is 0 Å². The Morgan fingerprint density at radius 2 is 1.65 bits per heavy atom. The Kier molecular flexibility index (Phi) is 6.25. The molecule has 0 aliphatic carbocycles. The summed E-state index contributed by atoms with van der Waals surface area (Å²) in [5.74, 6) is 2.09. The number of sulfonamides is 1. The number of nitrogens with one attached hydrogen (secondary N) is 1. The van der Waals surface area contributed by atoms with Crippen LogP contribution in [-0.4, -0.2) is 35.3 Å². The van der Waals surface area contributed by atoms with Gasteiger partial charge in [0.2, 0.25) is 5.88 Å². The van der Waals surface area contributed by atoms with Crippen LogP contribution in [-0.2, 0) is 10.0 Å². The van der Waals surface area contributed by atoms with Crippen molar-refractivity contribution in [3.63, 3.8) is 0 Å². The fraction of sp³-hybridized carbons (Fsp3) is 0.208. The van der Waals surface area contributed by atoms with Gasteiger partial charge in [0.05, 0.1) is 17.7 Å². The number of hydrogen-bond donors (Lipinski definition) is 1. The minimum absolute atomic E-state index is 0.199. The maximum atomic E-state index is 12.9. The van der Waals surface area contributed by atoms with Crippen molar-refractivity contribution < 1.29 is 17.9 Å². The number of imidazole rings is 1. The molecule has 0 saturated heterocycles. The summed E-state index contributed by atoms with van der Waals surface area (Å²) in [7, 11) is -2.22. The summed E-state index contributed by atoms with van der Waals surface area (Å²) in [5.41, 5.74) is 3.66. The number of aryl methyl sites for hydroxylation is 3. The molecule has 4 aromatic rings. The summed E-state index contributed by atoms with van der Waals surface area (Å²) < 4.78 is 41.3. The number of anilines is 1. The molecule has 2 aromatic heterocycles. The van der Waals surface area contributed by atoms with Crippen LogP contribution in [0.3, 0.4) is 0 Å². The summed E-state index contributed by atoms with van der Waals surface area (Å²) in [6.07, 6.45) is 1.70. The second-order valence-electron chi connectivity index (χ2n) is 7.83. The molecule has 0 radical (unpaired) electrons. The van der Waals surface area contributed by atoms with Gasteiger partial charge in [0.15, 0.2) is 5.82 Å². The lowest BCUT2D eigenvalue weighted by molar-refractivity contribution is 0.411. The monoisotopic (exact) mass is 479 g/mol. The predicted molar refractivity (Wildman–Crippen MR) is 128 cm³/mol. The summed E-state index contributed by atoms with van der Waals surface area (Å²) in [4.78, 5) is 4.46. The van der Waals surface area contributed by atoms with E-state index in [-0.39, 0.29) is 4.90 Å². The molecule has 0 saturated carbocycles. The SMILES string of the molecule is COc1cc(C)c(S(=O)(=O)Nc2ccc(Oc3ccc(-n4cnc(C)c4C)nn3)cc2)cc1C. The number of rotatable bonds is 7. The van der Waals surface area contributed by atoms with Crippen molar-refractivity contribution in [2.75, 3.05) is 11.8 Å². The van der Waals surface area contributed by atoms with Crippen LogP contribution in [0, 0.1) is 27.7 Å². The topological polar surface area (TPSA) is 108 Å². The smallest absolute Gasteiger partial charge is 0.262 e. The number of hydrogen-bond acceptors (Lipinski definition) is 7. The number of nitrogens with zero attached hydrogens (tertiary/aromatic N) is 4. The van der Waals surface area contributed by atoms with Crippen molar-refractivity contribution in [2.45, 2.75) is 32.6 Å². The molecule has 0 aliphatic rings. The zero-order valence-electron chi connectivity index (χ0n) is 19.5. The first-order valence-corrected chi connectivity index (χ1v) is 12.0. The fourth-order valence-corrected chi connectivity index (χ4v) is 4.79. The van der Waals surface area contributed by atoms with E-state index in [9.17, 15) is 8.42 Å². The molecule has 0 aliphatic heterocycles. The van der Waals surface area contributed by atoms with Gasteiger partial charge in [0.25, 0.3) is 10.0 Å². The first-order valence-electron chi connectivity index (χ1n) is 10.5. The third-order valence-electron chi connectivity index (χ3n) is 5.44. The van der Waals surface area contributed by atoms with E-state index in [4.69, 9.17) is 9.47 Å². The minimum Gasteiger partial charge on any atom is -0.496 e. The minimum atomic E-state index is -3.77. The number of methoxy groups -OCH3 is 1. The van der Waals surface area contributed by atoms with Gasteiger partial charge in [-0.15, -0.1) is 10.2 Å². The molecule has 10 heteroatoms. The van der Waals surface area contributed by atoms with Crippen LogP contribution in [0.5, 0.6) is 17.4 Å². The van der Waals surface area contributed by atoms with Crippen molar-refractivity contribution in [1.29, 1.82) is 0 Å². The van der Waals surface area contributed by atoms with Gasteiger partial charge in [-0.05, 0) is 81.3 Å². The zero-order chi connectivity index (χ0) is 24.5. The second-order valence-corrected chi connectivity index (χ2v) is 9.49. The van der Waals surface area contributed by atoms with Crippen LogP contribution in [0.15, 0.2) is 59.8 Å². The zero-order valence-corrected chi connectivity index (χ0v) is 20.3. The van der Waals surface area contributed by atoms with E-state index < -0.39 is 10.0 Å². The summed E-state index contributed by atoms with van der Waals surface area (Å²) in [6, 6.07) is 13.4. The van der Waals surface area contributed by atoms with Gasteiger partial charge < -0.3 is 9.47 Å². The van der Waals surface area contributed by atoms with Crippen molar-refractivity contribution >= 4 is 15.7 Å². The van der Waals surface area contributed by atoms with Crippen LogP contribution in [0.1, 0.15) is 22.5 Å². The van der Waals surface area contributed by atoms with E-state index in [1.807, 2.05) is 18.4 Å². The Morgan fingerprint density at radius 3 is 2.24 bits per heavy atom. The van der Waals surface area contributed by atoms with Crippen LogP contribution in [0.4, 0.5) is 5.69 Å². The molecule has 34 heavy (non-hydrogen) atoms. The molecule has 0 atom stereocenters. The van der Waals surface area contributed by atoms with Crippen molar-refractivity contribution in [2.24, 2.45) is 0 Å². The molecule has 0 fully saturated rings. The molecule has 1 N–H and O–H groups in total. The van der Waals surface area contributed by atoms with Gasteiger partial charge in [0.1, 0.15) is 17.8 Å². The molecule has 0 bridgehead atoms. The second kappa shape index (κ2) is 9.14. The maximum Gasteiger partial charge on any atom is 0.262 e. The van der Waals surface area contributed by atoms with Crippen molar-refractivity contribution in [3.05, 3.63) is 77.4 Å². The van der Waals surface area contributed by atoms with Crippen LogP contribution < -0.4 is 14.2 Å². The van der Waals surface area contributed by atoms with E-state index >= 15 is 0 Å². The molecule has 0 amide bonds. The van der Waals surface area contributed by atoms with E-state index in [2.05, 4.69) is 19.9 Å². The van der Waals surface area contributed by atoms with Gasteiger partial charge in [-0.3, -0.25) is 9.29 Å². The largest absolute Gasteiger partial charge is 0.496 e. The lowest BCUT2D eigenvalue weighted by Gasteiger charge is -2.14. The molecular weight excluding hydrogens is 454 g/mol. The highest BCUT2D eigenvalue weighted by atomic mass is 32.2. The maximum absolute atomic E-state index is 12.9. The van der Waals surface area contributed by atoms with Crippen molar-refractivity contribution in [1.82, 2.24) is 19.7 Å². The Bertz CT molecular complexity index is 1430. The molecule has 176 valence electrons. The van der Waals surface area contributed by atoms with Crippen LogP contribution in [0.25, 0.3) is 5.82 Å². The van der Waals surface area contributed by atoms with Gasteiger partial charge in [0, 0.05) is 17.4 Å². The highest BCUT2D eigenvalue weighted by Crippen LogP contribution is 2.28. The first kappa shape index (κ1) is 23.2. The van der Waals surface area contributed by atoms with Gasteiger partial charge in [-0.1, -0.05) is 0 Å². The molecule has 0 unspecified atom stereocenters. The Balaban J connectivity index is 1.46. The van der Waals surface area contributed by atoms with E-state index in [1.165, 1.54) is 0 Å². The molecule has 0 spiro atoms. The number of aromatic nitrogens is 4. The average molecular weight is 480 g/mol. The lowest BCUT2D eigenvalue weighted by atomic mass is 10.1. The van der Waals surface area contributed by atoms with Crippen LogP contribution >= 0.6 is 0 Å². The van der Waals surface area contributed by atoms with E-state index in [0.717, 1.165) is 17.0 Å². The van der Waals surface area contributed by atoms with Crippen molar-refractivity contribution in [3.8, 4) is 23.2 Å². The Labute approximate surface area is 198 Å². The summed E-state index contributed by atoms with van der Waals surface area (Å²) >= 11 is 0. The molecule has 9 nitrogen and oxygen atoms in total. The normalized spacial score (nSPS) is 11.3. The predicted octanol–water partition coefficient (Wildman–Crippen LogP) is 4.50. The number of ether oxygens (including phenoxy) is 2. The average Bonchev–Trinajstić information content (AvgIpc) is 3.15. The highest BCUT2D eigenvalue weighted by molar-refractivity contribution is 7.92. The highest BCUT2D eigenvalue weighted by Gasteiger charge is 2.19. The van der Waals surface area contributed by atoms with E-state index in [0.29, 0.717) is 34.4 Å². The summed E-state index contributed by atoms with van der Waals surface area (Å²) in [5, 5.41) is 8.31. The van der Waals surface area contributed by atoms with E-state index in [1.54, 1.807) is 75.8 Å².